The zero-order valence-electron chi connectivity index (χ0n) is 17.6. The molecule has 7 heteroatoms. The minimum Gasteiger partial charge on any atom is -0.325 e. The first-order chi connectivity index (χ1) is 13.8. The summed E-state index contributed by atoms with van der Waals surface area (Å²) in [5.41, 5.74) is 3.88. The lowest BCUT2D eigenvalue weighted by Gasteiger charge is -2.17. The molecule has 1 atom stereocenters. The van der Waals surface area contributed by atoms with Crippen molar-refractivity contribution in [2.45, 2.75) is 47.1 Å². The van der Waals surface area contributed by atoms with E-state index in [-0.39, 0.29) is 5.41 Å². The van der Waals surface area contributed by atoms with Crippen LogP contribution in [-0.4, -0.2) is 32.6 Å². The van der Waals surface area contributed by atoms with E-state index in [1.54, 1.807) is 0 Å². The van der Waals surface area contributed by atoms with Gasteiger partial charge in [-0.25, -0.2) is 15.0 Å². The molecule has 29 heavy (non-hydrogen) atoms. The first-order valence-electron chi connectivity index (χ1n) is 10.2. The van der Waals surface area contributed by atoms with Crippen molar-refractivity contribution in [1.29, 1.82) is 0 Å². The third-order valence-corrected chi connectivity index (χ3v) is 5.35. The number of hydrogen-bond acceptors (Lipinski definition) is 5. The molecule has 0 saturated carbocycles. The first kappa shape index (κ1) is 20.1. The summed E-state index contributed by atoms with van der Waals surface area (Å²) in [5, 5.41) is 7.63. The summed E-state index contributed by atoms with van der Waals surface area (Å²) in [4.78, 5) is 14.3. The normalized spacial score (nSPS) is 17.2. The van der Waals surface area contributed by atoms with Gasteiger partial charge in [0.15, 0.2) is 5.65 Å². The van der Waals surface area contributed by atoms with Crippen molar-refractivity contribution >= 4 is 34.4 Å². The van der Waals surface area contributed by atoms with Crippen LogP contribution in [0.3, 0.4) is 0 Å². The number of nitrogens with zero attached hydrogens (tertiary/aromatic N) is 4. The van der Waals surface area contributed by atoms with Gasteiger partial charge in [-0.15, -0.1) is 0 Å². The highest BCUT2D eigenvalue weighted by Crippen LogP contribution is 2.27. The molecule has 4 rings (SSSR count). The first-order valence-corrected chi connectivity index (χ1v) is 10.6. The highest BCUT2D eigenvalue weighted by atomic mass is 35.5. The van der Waals surface area contributed by atoms with E-state index in [0.717, 1.165) is 66.7 Å². The number of rotatable bonds is 5. The molecule has 0 radical (unpaired) electrons. The zero-order chi connectivity index (χ0) is 20.6. The molecule has 0 amide bonds. The summed E-state index contributed by atoms with van der Waals surface area (Å²) in [6.07, 6.45) is 3.84. The van der Waals surface area contributed by atoms with Crippen LogP contribution in [0.15, 0.2) is 24.4 Å². The van der Waals surface area contributed by atoms with Gasteiger partial charge in [0.2, 0.25) is 5.95 Å². The fourth-order valence-corrected chi connectivity index (χ4v) is 4.14. The van der Waals surface area contributed by atoms with E-state index in [4.69, 9.17) is 21.6 Å². The average molecular weight is 413 g/mol. The van der Waals surface area contributed by atoms with Gasteiger partial charge < -0.3 is 10.6 Å². The molecule has 1 aliphatic heterocycles. The molecule has 3 heterocycles. The lowest BCUT2D eigenvalue weighted by Crippen LogP contribution is -2.17. The Kier molecular flexibility index (Phi) is 5.49. The molecule has 154 valence electrons. The van der Waals surface area contributed by atoms with Crippen LogP contribution in [0.4, 0.5) is 11.6 Å². The molecular formula is C22H29ClN6. The molecule has 1 saturated heterocycles. The Balaban J connectivity index is 1.74. The molecule has 1 fully saturated rings. The molecule has 0 bridgehead atoms. The molecule has 2 aromatic heterocycles. The van der Waals surface area contributed by atoms with Gasteiger partial charge >= 0.3 is 0 Å². The number of aryl methyl sites for hydroxylation is 1. The second-order valence-corrected chi connectivity index (χ2v) is 9.72. The van der Waals surface area contributed by atoms with Gasteiger partial charge in [-0.2, -0.15) is 0 Å². The maximum Gasteiger partial charge on any atom is 0.209 e. The molecule has 2 N–H and O–H groups in total. The van der Waals surface area contributed by atoms with Crippen LogP contribution >= 0.6 is 11.6 Å². The number of imidazole rings is 1. The summed E-state index contributed by atoms with van der Waals surface area (Å²) in [6.45, 7) is 11.6. The average Bonchev–Trinajstić information content (AvgIpc) is 3.22. The number of halogens is 1. The fourth-order valence-electron chi connectivity index (χ4n) is 3.85. The number of nitrogens with one attached hydrogen (secondary N) is 2. The monoisotopic (exact) mass is 412 g/mol. The highest BCUT2D eigenvalue weighted by Gasteiger charge is 2.21. The Morgan fingerprint density at radius 2 is 2.07 bits per heavy atom. The van der Waals surface area contributed by atoms with Crippen LogP contribution in [0, 0.1) is 18.3 Å². The third-order valence-electron chi connectivity index (χ3n) is 5.13. The Labute approximate surface area is 177 Å². The summed E-state index contributed by atoms with van der Waals surface area (Å²) in [6, 6.07) is 5.94. The van der Waals surface area contributed by atoms with Gasteiger partial charge in [-0.3, -0.25) is 4.57 Å². The second-order valence-electron chi connectivity index (χ2n) is 9.28. The van der Waals surface area contributed by atoms with Crippen LogP contribution in [0.1, 0.15) is 38.6 Å². The van der Waals surface area contributed by atoms with E-state index in [1.807, 2.05) is 25.3 Å². The van der Waals surface area contributed by atoms with Crippen LogP contribution in [0.25, 0.3) is 11.2 Å². The van der Waals surface area contributed by atoms with Gasteiger partial charge in [0.25, 0.3) is 0 Å². The molecular weight excluding hydrogens is 384 g/mol. The smallest absolute Gasteiger partial charge is 0.209 e. The van der Waals surface area contributed by atoms with Crippen molar-refractivity contribution in [3.8, 4) is 0 Å². The standard InChI is InChI=1S/C22H29ClN6/c1-14-7-16(23)9-17(8-14)26-21-27-18-12-25-19(10-22(2,3)4)28-20(18)29(21)13-15-5-6-24-11-15/h7-9,12,15,24H,5-6,10-11,13H2,1-4H3,(H,26,27). The van der Waals surface area contributed by atoms with Gasteiger partial charge in [0.05, 0.1) is 6.20 Å². The van der Waals surface area contributed by atoms with Crippen molar-refractivity contribution in [2.75, 3.05) is 18.4 Å². The van der Waals surface area contributed by atoms with E-state index in [9.17, 15) is 0 Å². The van der Waals surface area contributed by atoms with Crippen molar-refractivity contribution in [3.63, 3.8) is 0 Å². The Morgan fingerprint density at radius 1 is 1.24 bits per heavy atom. The molecule has 0 spiro atoms. The number of hydrogen-bond donors (Lipinski definition) is 2. The number of benzene rings is 1. The maximum atomic E-state index is 6.26. The minimum atomic E-state index is 0.132. The number of fused-ring (bicyclic) bond motifs is 1. The highest BCUT2D eigenvalue weighted by molar-refractivity contribution is 6.30. The van der Waals surface area contributed by atoms with E-state index in [2.05, 4.69) is 47.0 Å². The van der Waals surface area contributed by atoms with Crippen molar-refractivity contribution in [2.24, 2.45) is 11.3 Å². The van der Waals surface area contributed by atoms with Crippen molar-refractivity contribution in [1.82, 2.24) is 24.8 Å². The molecule has 3 aromatic rings. The lowest BCUT2D eigenvalue weighted by molar-refractivity contribution is 0.401. The predicted molar refractivity (Wildman–Crippen MR) is 119 cm³/mol. The Bertz CT molecular complexity index is 994. The topological polar surface area (TPSA) is 67.7 Å². The minimum absolute atomic E-state index is 0.132. The van der Waals surface area contributed by atoms with E-state index in [0.29, 0.717) is 10.9 Å². The zero-order valence-corrected chi connectivity index (χ0v) is 18.3. The largest absolute Gasteiger partial charge is 0.325 e. The maximum absolute atomic E-state index is 6.26. The summed E-state index contributed by atoms with van der Waals surface area (Å²) in [5.74, 6) is 2.21. The molecule has 1 unspecified atom stereocenters. The van der Waals surface area contributed by atoms with E-state index >= 15 is 0 Å². The molecule has 1 aromatic carbocycles. The van der Waals surface area contributed by atoms with Crippen molar-refractivity contribution < 1.29 is 0 Å². The van der Waals surface area contributed by atoms with Crippen LogP contribution in [0.2, 0.25) is 5.02 Å². The second kappa shape index (κ2) is 7.92. The molecule has 0 aliphatic carbocycles. The van der Waals surface area contributed by atoms with Crippen LogP contribution in [0.5, 0.6) is 0 Å². The predicted octanol–water partition coefficient (Wildman–Crippen LogP) is 4.73. The Morgan fingerprint density at radius 3 is 2.76 bits per heavy atom. The Hall–Kier alpha value is -2.18. The van der Waals surface area contributed by atoms with Crippen LogP contribution < -0.4 is 10.6 Å². The quantitative estimate of drug-likeness (QED) is 0.634. The SMILES string of the molecule is Cc1cc(Cl)cc(Nc2nc3cnc(CC(C)(C)C)nc3n2CC2CCNC2)c1. The third kappa shape index (κ3) is 4.87. The molecule has 6 nitrogen and oxygen atoms in total. The van der Waals surface area contributed by atoms with E-state index < -0.39 is 0 Å². The molecule has 1 aliphatic rings. The van der Waals surface area contributed by atoms with E-state index in [1.165, 1.54) is 0 Å². The van der Waals surface area contributed by atoms with Gasteiger partial charge in [0, 0.05) is 23.7 Å². The summed E-state index contributed by atoms with van der Waals surface area (Å²) in [7, 11) is 0. The summed E-state index contributed by atoms with van der Waals surface area (Å²) < 4.78 is 2.21. The van der Waals surface area contributed by atoms with Gasteiger partial charge in [-0.05, 0) is 61.5 Å². The number of anilines is 2. The van der Waals surface area contributed by atoms with Gasteiger partial charge in [0.1, 0.15) is 11.3 Å². The van der Waals surface area contributed by atoms with Gasteiger partial charge in [-0.1, -0.05) is 32.4 Å². The summed E-state index contributed by atoms with van der Waals surface area (Å²) >= 11 is 6.26. The number of aromatic nitrogens is 4. The fraction of sp³-hybridized carbons (Fsp3) is 0.500. The lowest BCUT2D eigenvalue weighted by atomic mass is 9.92. The van der Waals surface area contributed by atoms with Crippen molar-refractivity contribution in [3.05, 3.63) is 40.8 Å². The van der Waals surface area contributed by atoms with Crippen LogP contribution in [-0.2, 0) is 13.0 Å².